The van der Waals surface area contributed by atoms with Gasteiger partial charge in [0.15, 0.2) is 11.6 Å². The predicted octanol–water partition coefficient (Wildman–Crippen LogP) is 3.91. The van der Waals surface area contributed by atoms with Crippen LogP contribution in [0.2, 0.25) is 0 Å². The molecule has 1 amide bonds. The summed E-state index contributed by atoms with van der Waals surface area (Å²) in [7, 11) is 0. The molecule has 1 aliphatic carbocycles. The molecule has 4 atom stereocenters. The Labute approximate surface area is 222 Å². The zero-order valence-electron chi connectivity index (χ0n) is 20.8. The lowest BCUT2D eigenvalue weighted by Gasteiger charge is -2.33. The normalized spacial score (nSPS) is 26.0. The van der Waals surface area contributed by atoms with Crippen LogP contribution in [-0.4, -0.2) is 45.9 Å². The Hall–Kier alpha value is -4.64. The van der Waals surface area contributed by atoms with Crippen molar-refractivity contribution in [1.29, 1.82) is 0 Å². The smallest absolute Gasteiger partial charge is 0.323 e. The number of piperidine rings is 1. The molecule has 1 saturated carbocycles. The summed E-state index contributed by atoms with van der Waals surface area (Å²) < 4.78 is 11.6. The molecule has 198 valence electrons. The molecule has 0 aromatic heterocycles. The van der Waals surface area contributed by atoms with Crippen LogP contribution in [-0.2, 0) is 24.5 Å². The number of esters is 1. The van der Waals surface area contributed by atoms with Gasteiger partial charge in [0.1, 0.15) is 0 Å². The monoisotopic (exact) mass is 529 g/mol. The zero-order chi connectivity index (χ0) is 27.5. The summed E-state index contributed by atoms with van der Waals surface area (Å²) in [6, 6.07) is 20.2. The topological polar surface area (TPSA) is 142 Å². The van der Waals surface area contributed by atoms with Gasteiger partial charge in [0.05, 0.1) is 34.5 Å². The zero-order valence-corrected chi connectivity index (χ0v) is 20.8. The Morgan fingerprint density at radius 3 is 1.97 bits per heavy atom. The molecule has 11 nitrogen and oxygen atoms in total. The predicted molar refractivity (Wildman–Crippen MR) is 135 cm³/mol. The Balaban J connectivity index is 1.56. The molecule has 2 aliphatic heterocycles. The number of carbonyl (C=O) groups is 2. The van der Waals surface area contributed by atoms with Crippen molar-refractivity contribution in [2.45, 2.75) is 24.6 Å². The lowest BCUT2D eigenvalue weighted by atomic mass is 9.77. The maximum Gasteiger partial charge on any atom is 0.323 e. The van der Waals surface area contributed by atoms with Crippen molar-refractivity contribution in [3.05, 3.63) is 116 Å². The van der Waals surface area contributed by atoms with Gasteiger partial charge in [-0.25, -0.2) is 0 Å². The Morgan fingerprint density at radius 1 is 0.949 bits per heavy atom. The van der Waals surface area contributed by atoms with E-state index in [1.807, 2.05) is 30.3 Å². The highest BCUT2D eigenvalue weighted by molar-refractivity contribution is 6.13. The molecule has 3 fully saturated rings. The van der Waals surface area contributed by atoms with E-state index in [1.165, 1.54) is 24.3 Å². The lowest BCUT2D eigenvalue weighted by molar-refractivity contribution is -0.385. The Morgan fingerprint density at radius 2 is 1.49 bits per heavy atom. The van der Waals surface area contributed by atoms with Crippen LogP contribution in [0, 0.1) is 31.6 Å². The first-order valence-electron chi connectivity index (χ1n) is 12.5. The van der Waals surface area contributed by atoms with E-state index in [9.17, 15) is 29.8 Å². The van der Waals surface area contributed by atoms with E-state index in [0.717, 1.165) is 5.56 Å². The number of nitro groups is 2. The minimum absolute atomic E-state index is 0.0421. The quantitative estimate of drug-likeness (QED) is 0.194. The number of nitrogens with zero attached hydrogens (tertiary/aromatic N) is 3. The van der Waals surface area contributed by atoms with Gasteiger partial charge in [-0.05, 0) is 18.1 Å². The molecule has 3 aliphatic rings. The second kappa shape index (κ2) is 8.70. The van der Waals surface area contributed by atoms with Crippen LogP contribution >= 0.6 is 0 Å². The summed E-state index contributed by atoms with van der Waals surface area (Å²) in [5, 5.41) is 22.7. The minimum atomic E-state index is -1.67. The van der Waals surface area contributed by atoms with E-state index in [0.29, 0.717) is 11.1 Å². The van der Waals surface area contributed by atoms with Crippen LogP contribution in [0.3, 0.4) is 0 Å². The Kier molecular flexibility index (Phi) is 5.51. The molecule has 3 aromatic carbocycles. The van der Waals surface area contributed by atoms with Crippen molar-refractivity contribution < 1.29 is 28.9 Å². The number of amides is 1. The number of hydrogen-bond acceptors (Lipinski definition) is 8. The highest BCUT2D eigenvalue weighted by atomic mass is 16.6. The molecule has 2 heterocycles. The second-order valence-electron chi connectivity index (χ2n) is 9.80. The van der Waals surface area contributed by atoms with E-state index in [1.54, 1.807) is 36.1 Å². The standard InChI is InChI=1S/C28H23N3O8/c1-2-38-26(33)28-23(22-16-39-24(29(22)25(28)32)17-6-4-3-5-7-17)27(28,18-8-12-20(13-9-18)30(34)35)19-10-14-21(15-11-19)31(36)37/h3-15,22-24H,2,16H2,1H3/t22-,23+,24-,28-/m1/s1. The lowest BCUT2D eigenvalue weighted by Crippen LogP contribution is -2.46. The summed E-state index contributed by atoms with van der Waals surface area (Å²) in [5.41, 5.74) is -1.44. The molecule has 39 heavy (non-hydrogen) atoms. The van der Waals surface area contributed by atoms with Gasteiger partial charge in [0.25, 0.3) is 11.4 Å². The molecule has 0 radical (unpaired) electrons. The SMILES string of the molecule is CCOC(=O)[C@]12C(=O)N3[C@@H](c4ccccc4)OC[C@@H]3[C@H]1C2(c1ccc([N+](=O)[O-])cc1)c1ccc([N+](=O)[O-])cc1. The first kappa shape index (κ1) is 24.7. The third-order valence-electron chi connectivity index (χ3n) is 8.21. The summed E-state index contributed by atoms with van der Waals surface area (Å²) in [4.78, 5) is 51.6. The average molecular weight is 530 g/mol. The van der Waals surface area contributed by atoms with Crippen LogP contribution in [0.4, 0.5) is 11.4 Å². The second-order valence-corrected chi connectivity index (χ2v) is 9.80. The average Bonchev–Trinajstić information content (AvgIpc) is 3.21. The van der Waals surface area contributed by atoms with Crippen LogP contribution in [0.15, 0.2) is 78.9 Å². The first-order valence-corrected chi connectivity index (χ1v) is 12.5. The third kappa shape index (κ3) is 3.13. The highest BCUT2D eigenvalue weighted by Gasteiger charge is 2.93. The minimum Gasteiger partial charge on any atom is -0.465 e. The van der Waals surface area contributed by atoms with Crippen molar-refractivity contribution in [3.8, 4) is 0 Å². The number of benzene rings is 3. The van der Waals surface area contributed by atoms with Crippen LogP contribution in [0.1, 0.15) is 29.8 Å². The molecule has 0 unspecified atom stereocenters. The number of nitro benzene ring substituents is 2. The van der Waals surface area contributed by atoms with Crippen molar-refractivity contribution in [2.24, 2.45) is 11.3 Å². The molecular weight excluding hydrogens is 506 g/mol. The van der Waals surface area contributed by atoms with Crippen LogP contribution < -0.4 is 0 Å². The number of hydrogen-bond donors (Lipinski definition) is 0. The summed E-state index contributed by atoms with van der Waals surface area (Å²) in [5.74, 6) is -1.79. The number of carbonyl (C=O) groups excluding carboxylic acids is 2. The van der Waals surface area contributed by atoms with E-state index in [-0.39, 0.29) is 24.6 Å². The maximum absolute atomic E-state index is 14.5. The van der Waals surface area contributed by atoms with Gasteiger partial charge in [0.2, 0.25) is 5.91 Å². The van der Waals surface area contributed by atoms with Crippen molar-refractivity contribution in [3.63, 3.8) is 0 Å². The van der Waals surface area contributed by atoms with Gasteiger partial charge < -0.3 is 14.4 Å². The van der Waals surface area contributed by atoms with Crippen LogP contribution in [0.25, 0.3) is 0 Å². The number of ether oxygens (including phenoxy) is 2. The number of fused-ring (bicyclic) bond motifs is 3. The first-order chi connectivity index (χ1) is 18.8. The van der Waals surface area contributed by atoms with Gasteiger partial charge in [-0.3, -0.25) is 29.8 Å². The van der Waals surface area contributed by atoms with E-state index in [4.69, 9.17) is 9.47 Å². The van der Waals surface area contributed by atoms with Crippen LogP contribution in [0.5, 0.6) is 0 Å². The fourth-order valence-electron chi connectivity index (χ4n) is 6.79. The highest BCUT2D eigenvalue weighted by Crippen LogP contribution is 2.80. The van der Waals surface area contributed by atoms with Gasteiger partial charge in [-0.15, -0.1) is 0 Å². The molecule has 3 aromatic rings. The summed E-state index contributed by atoms with van der Waals surface area (Å²) in [6.07, 6.45) is -0.686. The van der Waals surface area contributed by atoms with E-state index < -0.39 is 50.7 Å². The molecule has 2 saturated heterocycles. The Bertz CT molecular complexity index is 1430. The van der Waals surface area contributed by atoms with Gasteiger partial charge >= 0.3 is 5.97 Å². The third-order valence-corrected chi connectivity index (χ3v) is 8.21. The molecule has 6 rings (SSSR count). The molecule has 0 bridgehead atoms. The van der Waals surface area contributed by atoms with E-state index in [2.05, 4.69) is 0 Å². The summed E-state index contributed by atoms with van der Waals surface area (Å²) in [6.45, 7) is 1.86. The van der Waals surface area contributed by atoms with Crippen molar-refractivity contribution >= 4 is 23.3 Å². The van der Waals surface area contributed by atoms with E-state index >= 15 is 0 Å². The number of rotatable bonds is 7. The number of non-ortho nitro benzene ring substituents is 2. The molecule has 11 heteroatoms. The fourth-order valence-corrected chi connectivity index (χ4v) is 6.79. The molecular formula is C28H23N3O8. The largest absolute Gasteiger partial charge is 0.465 e. The van der Waals surface area contributed by atoms with Crippen molar-refractivity contribution in [2.75, 3.05) is 13.2 Å². The van der Waals surface area contributed by atoms with Gasteiger partial charge in [0, 0.05) is 35.7 Å². The van der Waals surface area contributed by atoms with Gasteiger partial charge in [-0.1, -0.05) is 54.6 Å². The fraction of sp³-hybridized carbons (Fsp3) is 0.286. The maximum atomic E-state index is 14.5. The molecule has 0 spiro atoms. The molecule has 0 N–H and O–H groups in total. The summed E-state index contributed by atoms with van der Waals surface area (Å²) >= 11 is 0. The van der Waals surface area contributed by atoms with Gasteiger partial charge in [-0.2, -0.15) is 0 Å². The van der Waals surface area contributed by atoms with Crippen molar-refractivity contribution in [1.82, 2.24) is 4.90 Å².